The average Bonchev–Trinajstić information content (AvgIpc) is 2.83. The minimum Gasteiger partial charge on any atom is -0.454 e. The molecule has 0 saturated carbocycles. The lowest BCUT2D eigenvalue weighted by molar-refractivity contribution is 0.0947. The number of hydrogen-bond acceptors (Lipinski definition) is 4. The van der Waals surface area contributed by atoms with Gasteiger partial charge in [-0.2, -0.15) is 0 Å². The molecule has 5 nitrogen and oxygen atoms in total. The van der Waals surface area contributed by atoms with Crippen molar-refractivity contribution in [3.8, 4) is 11.5 Å². The Labute approximate surface area is 106 Å². The van der Waals surface area contributed by atoms with E-state index in [1.165, 1.54) is 0 Å². The zero-order valence-corrected chi connectivity index (χ0v) is 10.4. The Morgan fingerprint density at radius 2 is 2.22 bits per heavy atom. The normalized spacial score (nSPS) is 14.3. The predicted molar refractivity (Wildman–Crippen MR) is 67.7 cm³/mol. The highest BCUT2D eigenvalue weighted by Crippen LogP contribution is 2.32. The number of carbonyl (C=O) groups is 1. The lowest BCUT2D eigenvalue weighted by Crippen LogP contribution is -2.29. The van der Waals surface area contributed by atoms with Crippen molar-refractivity contribution in [2.45, 2.75) is 13.3 Å². The van der Waals surface area contributed by atoms with Crippen LogP contribution in [0.1, 0.15) is 23.7 Å². The van der Waals surface area contributed by atoms with Gasteiger partial charge in [0.05, 0.1) is 0 Å². The van der Waals surface area contributed by atoms with E-state index in [1.807, 2.05) is 0 Å². The Kier molecular flexibility index (Phi) is 4.04. The molecule has 1 amide bonds. The van der Waals surface area contributed by atoms with Gasteiger partial charge in [-0.1, -0.05) is 6.92 Å². The predicted octanol–water partition coefficient (Wildman–Crippen LogP) is 1.13. The third kappa shape index (κ3) is 2.92. The Hall–Kier alpha value is -1.75. The van der Waals surface area contributed by atoms with Gasteiger partial charge in [-0.25, -0.2) is 0 Å². The molecular weight excluding hydrogens is 232 g/mol. The molecule has 1 aliphatic heterocycles. The van der Waals surface area contributed by atoms with Gasteiger partial charge in [-0.15, -0.1) is 0 Å². The fourth-order valence-electron chi connectivity index (χ4n) is 1.79. The molecule has 5 heteroatoms. The molecule has 1 aromatic carbocycles. The van der Waals surface area contributed by atoms with Crippen molar-refractivity contribution in [3.05, 3.63) is 23.8 Å². The molecule has 0 spiro atoms. The lowest BCUT2D eigenvalue weighted by Gasteiger charge is -2.11. The molecule has 1 heterocycles. The molecule has 1 unspecified atom stereocenters. The van der Waals surface area contributed by atoms with Gasteiger partial charge in [0.1, 0.15) is 0 Å². The molecule has 0 aromatic heterocycles. The summed E-state index contributed by atoms with van der Waals surface area (Å²) in [6, 6.07) is 5.18. The van der Waals surface area contributed by atoms with E-state index in [2.05, 4.69) is 12.2 Å². The van der Waals surface area contributed by atoms with Gasteiger partial charge in [0, 0.05) is 12.1 Å². The number of rotatable bonds is 5. The molecule has 2 rings (SSSR count). The first-order chi connectivity index (χ1) is 8.70. The highest BCUT2D eigenvalue weighted by molar-refractivity contribution is 5.94. The number of fused-ring (bicyclic) bond motifs is 1. The van der Waals surface area contributed by atoms with Gasteiger partial charge in [0.15, 0.2) is 11.5 Å². The van der Waals surface area contributed by atoms with Crippen LogP contribution in [-0.4, -0.2) is 25.8 Å². The number of hydrogen-bond donors (Lipinski definition) is 2. The van der Waals surface area contributed by atoms with Gasteiger partial charge in [0.25, 0.3) is 5.91 Å². The third-order valence-electron chi connectivity index (χ3n) is 2.91. The van der Waals surface area contributed by atoms with Crippen LogP contribution >= 0.6 is 0 Å². The Bertz CT molecular complexity index is 434. The summed E-state index contributed by atoms with van der Waals surface area (Å²) in [5.41, 5.74) is 6.05. The van der Waals surface area contributed by atoms with Crippen molar-refractivity contribution in [1.82, 2.24) is 5.32 Å². The number of nitrogens with one attached hydrogen (secondary N) is 1. The summed E-state index contributed by atoms with van der Waals surface area (Å²) in [6.45, 7) is 3.55. The molecule has 1 aromatic rings. The molecule has 0 fully saturated rings. The SMILES string of the molecule is CC(CCN)CNC(=O)c1ccc2c(c1)OCO2. The highest BCUT2D eigenvalue weighted by Gasteiger charge is 2.16. The van der Waals surface area contributed by atoms with Crippen molar-refractivity contribution in [2.75, 3.05) is 19.9 Å². The maximum atomic E-state index is 11.9. The zero-order valence-electron chi connectivity index (χ0n) is 10.4. The first kappa shape index (κ1) is 12.7. The van der Waals surface area contributed by atoms with Crippen LogP contribution < -0.4 is 20.5 Å². The van der Waals surface area contributed by atoms with E-state index >= 15 is 0 Å². The van der Waals surface area contributed by atoms with E-state index in [0.717, 1.165) is 6.42 Å². The molecule has 98 valence electrons. The minimum atomic E-state index is -0.0998. The van der Waals surface area contributed by atoms with Crippen LogP contribution in [0.5, 0.6) is 11.5 Å². The van der Waals surface area contributed by atoms with E-state index < -0.39 is 0 Å². The Morgan fingerprint density at radius 3 is 3.00 bits per heavy atom. The summed E-state index contributed by atoms with van der Waals surface area (Å²) in [4.78, 5) is 11.9. The summed E-state index contributed by atoms with van der Waals surface area (Å²) >= 11 is 0. The van der Waals surface area contributed by atoms with Crippen molar-refractivity contribution in [2.24, 2.45) is 11.7 Å². The molecule has 0 aliphatic carbocycles. The number of amides is 1. The van der Waals surface area contributed by atoms with Crippen LogP contribution in [0.15, 0.2) is 18.2 Å². The summed E-state index contributed by atoms with van der Waals surface area (Å²) in [5, 5.41) is 2.88. The van der Waals surface area contributed by atoms with Gasteiger partial charge >= 0.3 is 0 Å². The summed E-state index contributed by atoms with van der Waals surface area (Å²) in [6.07, 6.45) is 0.904. The first-order valence-electron chi connectivity index (χ1n) is 6.08. The van der Waals surface area contributed by atoms with Gasteiger partial charge in [0.2, 0.25) is 6.79 Å². The maximum absolute atomic E-state index is 11.9. The minimum absolute atomic E-state index is 0.0998. The number of carbonyl (C=O) groups excluding carboxylic acids is 1. The smallest absolute Gasteiger partial charge is 0.251 e. The van der Waals surface area contributed by atoms with Gasteiger partial charge in [-0.05, 0) is 37.1 Å². The standard InChI is InChI=1S/C13H18N2O3/c1-9(4-5-14)7-15-13(16)10-2-3-11-12(6-10)18-8-17-11/h2-3,6,9H,4-5,7-8,14H2,1H3,(H,15,16). The molecule has 18 heavy (non-hydrogen) atoms. The van der Waals surface area contributed by atoms with Crippen LogP contribution in [0.2, 0.25) is 0 Å². The molecule has 3 N–H and O–H groups in total. The Balaban J connectivity index is 1.93. The van der Waals surface area contributed by atoms with Gasteiger partial charge in [-0.3, -0.25) is 4.79 Å². The first-order valence-corrected chi connectivity index (χ1v) is 6.08. The van der Waals surface area contributed by atoms with Crippen LogP contribution in [-0.2, 0) is 0 Å². The second kappa shape index (κ2) is 5.73. The second-order valence-corrected chi connectivity index (χ2v) is 4.46. The average molecular weight is 250 g/mol. The van der Waals surface area contributed by atoms with E-state index in [1.54, 1.807) is 18.2 Å². The van der Waals surface area contributed by atoms with Crippen molar-refractivity contribution in [3.63, 3.8) is 0 Å². The fourth-order valence-corrected chi connectivity index (χ4v) is 1.79. The van der Waals surface area contributed by atoms with Crippen molar-refractivity contribution < 1.29 is 14.3 Å². The molecule has 0 bridgehead atoms. The molecular formula is C13H18N2O3. The zero-order chi connectivity index (χ0) is 13.0. The monoisotopic (exact) mass is 250 g/mol. The number of nitrogens with two attached hydrogens (primary N) is 1. The van der Waals surface area contributed by atoms with E-state index in [-0.39, 0.29) is 12.7 Å². The number of ether oxygens (including phenoxy) is 2. The van der Waals surface area contributed by atoms with Crippen LogP contribution in [0.25, 0.3) is 0 Å². The topological polar surface area (TPSA) is 73.6 Å². The van der Waals surface area contributed by atoms with E-state index in [0.29, 0.717) is 36.1 Å². The maximum Gasteiger partial charge on any atom is 0.251 e. The fraction of sp³-hybridized carbons (Fsp3) is 0.462. The van der Waals surface area contributed by atoms with Crippen molar-refractivity contribution in [1.29, 1.82) is 0 Å². The molecule has 0 saturated heterocycles. The van der Waals surface area contributed by atoms with Crippen molar-refractivity contribution >= 4 is 5.91 Å². The second-order valence-electron chi connectivity index (χ2n) is 4.46. The van der Waals surface area contributed by atoms with Crippen LogP contribution in [0.4, 0.5) is 0 Å². The van der Waals surface area contributed by atoms with E-state index in [9.17, 15) is 4.79 Å². The molecule has 0 radical (unpaired) electrons. The molecule has 1 aliphatic rings. The number of benzene rings is 1. The molecule has 1 atom stereocenters. The van der Waals surface area contributed by atoms with Crippen LogP contribution in [0.3, 0.4) is 0 Å². The van der Waals surface area contributed by atoms with E-state index in [4.69, 9.17) is 15.2 Å². The summed E-state index contributed by atoms with van der Waals surface area (Å²) in [7, 11) is 0. The Morgan fingerprint density at radius 1 is 1.44 bits per heavy atom. The lowest BCUT2D eigenvalue weighted by atomic mass is 10.1. The van der Waals surface area contributed by atoms with Crippen LogP contribution in [0, 0.1) is 5.92 Å². The highest BCUT2D eigenvalue weighted by atomic mass is 16.7. The van der Waals surface area contributed by atoms with Gasteiger partial charge < -0.3 is 20.5 Å². The summed E-state index contributed by atoms with van der Waals surface area (Å²) < 4.78 is 10.4. The third-order valence-corrected chi connectivity index (χ3v) is 2.91. The largest absolute Gasteiger partial charge is 0.454 e. The summed E-state index contributed by atoms with van der Waals surface area (Å²) in [5.74, 6) is 1.59. The quantitative estimate of drug-likeness (QED) is 0.821.